The second-order valence-electron chi connectivity index (χ2n) is 16.8. The fraction of sp³-hybridized carbons (Fsp3) is 0.184. The summed E-state index contributed by atoms with van der Waals surface area (Å²) in [6.07, 6.45) is 3.84. The van der Waals surface area contributed by atoms with Crippen molar-refractivity contribution in [1.29, 1.82) is 0 Å². The molecule has 0 bridgehead atoms. The Morgan fingerprint density at radius 1 is 0.407 bits per heavy atom. The lowest BCUT2D eigenvalue weighted by Gasteiger charge is -2.45. The minimum Gasteiger partial charge on any atom is -0.310 e. The summed E-state index contributed by atoms with van der Waals surface area (Å²) in [5, 5.41) is 2.44. The van der Waals surface area contributed by atoms with E-state index in [1.165, 1.54) is 66.7 Å². The Morgan fingerprint density at radius 3 is 1.74 bits per heavy atom. The molecule has 0 amide bonds. The Morgan fingerprint density at radius 2 is 0.963 bits per heavy atom. The molecule has 0 N–H and O–H groups in total. The highest BCUT2D eigenvalue weighted by atomic mass is 15.2. The molecule has 8 aromatic rings. The maximum absolute atomic E-state index is 5.03. The van der Waals surface area contributed by atoms with Crippen molar-refractivity contribution >= 4 is 56.2 Å². The molecule has 262 valence electrons. The highest BCUT2D eigenvalue weighted by molar-refractivity contribution is 6.10. The van der Waals surface area contributed by atoms with Gasteiger partial charge in [0.2, 0.25) is 0 Å². The molecule has 3 aromatic heterocycles. The van der Waals surface area contributed by atoms with Crippen molar-refractivity contribution in [1.82, 2.24) is 14.5 Å². The van der Waals surface area contributed by atoms with Crippen molar-refractivity contribution in [2.24, 2.45) is 0 Å². The first kappa shape index (κ1) is 31.3. The number of hydrogen-bond acceptors (Lipinski definition) is 4. The Labute approximate surface area is 316 Å². The lowest BCUT2D eigenvalue weighted by Crippen LogP contribution is -2.33. The van der Waals surface area contributed by atoms with Crippen LogP contribution in [-0.2, 0) is 16.2 Å². The molecule has 0 fully saturated rings. The van der Waals surface area contributed by atoms with Crippen LogP contribution in [0.4, 0.5) is 34.3 Å². The third kappa shape index (κ3) is 3.89. The van der Waals surface area contributed by atoms with E-state index in [4.69, 9.17) is 9.97 Å². The van der Waals surface area contributed by atoms with Gasteiger partial charge >= 0.3 is 0 Å². The number of para-hydroxylation sites is 3. The molecule has 0 saturated carbocycles. The number of hydrogen-bond donors (Lipinski definition) is 0. The Hall–Kier alpha value is -6.20. The van der Waals surface area contributed by atoms with Gasteiger partial charge in [-0.15, -0.1) is 0 Å². The van der Waals surface area contributed by atoms with Gasteiger partial charge in [-0.1, -0.05) is 108 Å². The Kier molecular flexibility index (Phi) is 6.08. The van der Waals surface area contributed by atoms with E-state index < -0.39 is 0 Å². The molecule has 3 aliphatic rings. The molecule has 0 spiro atoms. The van der Waals surface area contributed by atoms with Crippen LogP contribution in [0, 0.1) is 0 Å². The molecular weight excluding hydrogens is 659 g/mol. The van der Waals surface area contributed by atoms with Crippen molar-refractivity contribution in [3.05, 3.63) is 173 Å². The lowest BCUT2D eigenvalue weighted by atomic mass is 9.69. The zero-order valence-electron chi connectivity index (χ0n) is 31.5. The molecule has 0 radical (unpaired) electrons. The minimum atomic E-state index is -0.241. The Balaban J connectivity index is 1.18. The fourth-order valence-electron chi connectivity index (χ4n) is 10.0. The van der Waals surface area contributed by atoms with Crippen LogP contribution in [-0.4, -0.2) is 14.5 Å². The minimum absolute atomic E-state index is 0.182. The highest BCUT2D eigenvalue weighted by Crippen LogP contribution is 2.57. The zero-order chi connectivity index (χ0) is 36.7. The van der Waals surface area contributed by atoms with Crippen LogP contribution in [0.15, 0.2) is 140 Å². The van der Waals surface area contributed by atoms with Gasteiger partial charge in [-0.3, -0.25) is 9.47 Å². The third-order valence-electron chi connectivity index (χ3n) is 12.8. The number of pyridine rings is 2. The fourth-order valence-corrected chi connectivity index (χ4v) is 10.0. The van der Waals surface area contributed by atoms with Gasteiger partial charge in [0.05, 0.1) is 28.3 Å². The van der Waals surface area contributed by atoms with Crippen LogP contribution in [0.2, 0.25) is 0 Å². The van der Waals surface area contributed by atoms with Crippen molar-refractivity contribution in [2.75, 3.05) is 9.80 Å². The summed E-state index contributed by atoms with van der Waals surface area (Å²) in [5.74, 6) is 0.977. The van der Waals surface area contributed by atoms with E-state index >= 15 is 0 Å². The second kappa shape index (κ2) is 10.5. The predicted octanol–water partition coefficient (Wildman–Crippen LogP) is 12.4. The van der Waals surface area contributed by atoms with Gasteiger partial charge in [-0.2, -0.15) is 0 Å². The lowest BCUT2D eigenvalue weighted by molar-refractivity contribution is 0.606. The van der Waals surface area contributed by atoms with Gasteiger partial charge in [0.1, 0.15) is 11.5 Å². The molecule has 11 rings (SSSR count). The van der Waals surface area contributed by atoms with E-state index in [1.54, 1.807) is 0 Å². The Bertz CT molecular complexity index is 2840. The predicted molar refractivity (Wildman–Crippen MR) is 222 cm³/mol. The van der Waals surface area contributed by atoms with Gasteiger partial charge in [0.25, 0.3) is 0 Å². The molecule has 0 aliphatic carbocycles. The number of fused-ring (bicyclic) bond motifs is 9. The molecule has 5 heteroatoms. The summed E-state index contributed by atoms with van der Waals surface area (Å²) < 4.78 is 2.43. The van der Waals surface area contributed by atoms with E-state index in [2.05, 4.69) is 183 Å². The number of anilines is 6. The molecule has 54 heavy (non-hydrogen) atoms. The van der Waals surface area contributed by atoms with E-state index in [0.717, 1.165) is 28.5 Å². The number of rotatable bonds is 2. The van der Waals surface area contributed by atoms with Gasteiger partial charge in [0, 0.05) is 56.3 Å². The summed E-state index contributed by atoms with van der Waals surface area (Å²) in [6, 6.07) is 47.0. The van der Waals surface area contributed by atoms with Crippen LogP contribution in [0.1, 0.15) is 74.9 Å². The van der Waals surface area contributed by atoms with Gasteiger partial charge in [-0.25, -0.2) is 9.97 Å². The van der Waals surface area contributed by atoms with Crippen molar-refractivity contribution < 1.29 is 0 Å². The largest absolute Gasteiger partial charge is 0.310 e. The summed E-state index contributed by atoms with van der Waals surface area (Å²) in [4.78, 5) is 14.9. The smallest absolute Gasteiger partial charge is 0.145 e. The van der Waals surface area contributed by atoms with Crippen LogP contribution < -0.4 is 9.80 Å². The quantitative estimate of drug-likeness (QED) is 0.180. The monoisotopic (exact) mass is 699 g/mol. The summed E-state index contributed by atoms with van der Waals surface area (Å²) in [7, 11) is 0. The van der Waals surface area contributed by atoms with Crippen molar-refractivity contribution in [3.8, 4) is 5.69 Å². The highest BCUT2D eigenvalue weighted by Gasteiger charge is 2.43. The maximum atomic E-state index is 5.03. The van der Waals surface area contributed by atoms with Gasteiger partial charge in [-0.05, 0) is 88.5 Å². The number of aromatic nitrogens is 3. The first-order chi connectivity index (χ1) is 26.1. The van der Waals surface area contributed by atoms with Crippen molar-refractivity contribution in [2.45, 2.75) is 57.8 Å². The SMILES string of the molecule is CC1(C)c2ccccc2N(c2cccc(N3c4ccccc4C(C)(C)c4cccnc43)c2)c2cc3c(cc21)C(C)(C)c1cccc2c4cccnc4n-3c12. The first-order valence-electron chi connectivity index (χ1n) is 19.0. The van der Waals surface area contributed by atoms with Crippen LogP contribution in [0.5, 0.6) is 0 Å². The van der Waals surface area contributed by atoms with E-state index in [1.807, 2.05) is 12.4 Å². The normalized spacial score (nSPS) is 16.7. The average Bonchev–Trinajstić information content (AvgIpc) is 3.52. The van der Waals surface area contributed by atoms with Crippen molar-refractivity contribution in [3.63, 3.8) is 0 Å². The second-order valence-corrected chi connectivity index (χ2v) is 16.8. The van der Waals surface area contributed by atoms with E-state index in [0.29, 0.717) is 0 Å². The molecule has 6 heterocycles. The molecule has 5 aromatic carbocycles. The van der Waals surface area contributed by atoms with Gasteiger partial charge < -0.3 is 4.90 Å². The van der Waals surface area contributed by atoms with Crippen LogP contribution in [0.3, 0.4) is 0 Å². The molecule has 5 nitrogen and oxygen atoms in total. The average molecular weight is 700 g/mol. The van der Waals surface area contributed by atoms with E-state index in [-0.39, 0.29) is 16.2 Å². The zero-order valence-corrected chi connectivity index (χ0v) is 31.5. The maximum Gasteiger partial charge on any atom is 0.145 e. The molecule has 0 atom stereocenters. The van der Waals surface area contributed by atoms with E-state index in [9.17, 15) is 0 Å². The number of nitrogens with zero attached hydrogens (tertiary/aromatic N) is 5. The molecule has 0 saturated heterocycles. The van der Waals surface area contributed by atoms with Crippen LogP contribution in [0.25, 0.3) is 27.6 Å². The summed E-state index contributed by atoms with van der Waals surface area (Å²) in [5.41, 5.74) is 16.3. The standard InChI is InChI=1S/C49H41N5/c1-47(2)35-20-8-10-24-41(35)53(46-37(47)22-14-26-51-46)31-16-11-15-30(27-31)52-40-23-9-7-19-34(40)48(3,4)38-28-39-43(29-42(38)52)54-44-32(33-18-13-25-50-45(33)54)17-12-21-36(44)49(39,5)6/h7-29H,1-6H3. The molecule has 3 aliphatic heterocycles. The van der Waals surface area contributed by atoms with Gasteiger partial charge in [0.15, 0.2) is 0 Å². The van der Waals surface area contributed by atoms with Crippen LogP contribution >= 0.6 is 0 Å². The third-order valence-corrected chi connectivity index (χ3v) is 12.8. The molecule has 0 unspecified atom stereocenters. The summed E-state index contributed by atoms with van der Waals surface area (Å²) >= 11 is 0. The molecular formula is C49H41N5. The number of benzene rings is 5. The summed E-state index contributed by atoms with van der Waals surface area (Å²) in [6.45, 7) is 14.2. The first-order valence-corrected chi connectivity index (χ1v) is 19.0. The topological polar surface area (TPSA) is 37.2 Å².